The highest BCUT2D eigenvalue weighted by atomic mass is 35.5. The molecule has 0 unspecified atom stereocenters. The van der Waals surface area contributed by atoms with Crippen LogP contribution in [0.15, 0.2) is 53.6 Å². The maximum absolute atomic E-state index is 12.8. The second-order valence-electron chi connectivity index (χ2n) is 6.52. The van der Waals surface area contributed by atoms with Crippen LogP contribution in [0.5, 0.6) is 0 Å². The van der Waals surface area contributed by atoms with Crippen LogP contribution in [0.4, 0.5) is 18.9 Å². The lowest BCUT2D eigenvalue weighted by Crippen LogP contribution is -2.26. The van der Waals surface area contributed by atoms with Gasteiger partial charge in [-0.05, 0) is 48.9 Å². The Morgan fingerprint density at radius 2 is 1.84 bits per heavy atom. The van der Waals surface area contributed by atoms with Crippen molar-refractivity contribution in [3.05, 3.63) is 75.9 Å². The third kappa shape index (κ3) is 5.36. The number of nitrogens with zero attached hydrogens (tertiary/aromatic N) is 1. The molecule has 164 valence electrons. The first kappa shape index (κ1) is 22.6. The zero-order valence-corrected chi connectivity index (χ0v) is 17.5. The Kier molecular flexibility index (Phi) is 6.27. The van der Waals surface area contributed by atoms with E-state index in [1.54, 1.807) is 0 Å². The van der Waals surface area contributed by atoms with E-state index in [1.165, 1.54) is 43.3 Å². The van der Waals surface area contributed by atoms with Crippen molar-refractivity contribution in [3.63, 3.8) is 0 Å². The second kappa shape index (κ2) is 8.60. The Labute approximate surface area is 180 Å². The van der Waals surface area contributed by atoms with Gasteiger partial charge < -0.3 is 5.32 Å². The summed E-state index contributed by atoms with van der Waals surface area (Å²) in [6, 6.07) is 10.3. The number of amides is 1. The van der Waals surface area contributed by atoms with Crippen LogP contribution < -0.4 is 10.0 Å². The fourth-order valence-electron chi connectivity index (χ4n) is 2.72. The molecular weight excluding hydrogens is 457 g/mol. The standard InChI is InChI=1S/C19H16ClF3N4O3S/c1-11-16(17(28)24-10-12-3-2-4-13(9-12)19(21,22)23)18(26-25-11)31(29,30)27-15-7-5-14(20)6-8-15/h2-9,27H,10H2,1H3,(H,24,28)(H,25,26). The smallest absolute Gasteiger partial charge is 0.348 e. The molecule has 31 heavy (non-hydrogen) atoms. The van der Waals surface area contributed by atoms with Crippen LogP contribution in [0.25, 0.3) is 0 Å². The molecule has 0 atom stereocenters. The highest BCUT2D eigenvalue weighted by molar-refractivity contribution is 7.92. The molecule has 0 fully saturated rings. The molecule has 12 heteroatoms. The lowest BCUT2D eigenvalue weighted by molar-refractivity contribution is -0.137. The van der Waals surface area contributed by atoms with Gasteiger partial charge in [-0.25, -0.2) is 0 Å². The molecule has 3 N–H and O–H groups in total. The van der Waals surface area contributed by atoms with Crippen molar-refractivity contribution < 1.29 is 26.4 Å². The fraction of sp³-hybridized carbons (Fsp3) is 0.158. The van der Waals surface area contributed by atoms with Gasteiger partial charge >= 0.3 is 6.18 Å². The normalized spacial score (nSPS) is 11.9. The van der Waals surface area contributed by atoms with Crippen molar-refractivity contribution in [2.45, 2.75) is 24.7 Å². The number of aromatic amines is 1. The number of H-pyrrole nitrogens is 1. The summed E-state index contributed by atoms with van der Waals surface area (Å²) in [5.41, 5.74) is -0.506. The summed E-state index contributed by atoms with van der Waals surface area (Å²) < 4.78 is 66.3. The minimum atomic E-state index is -4.52. The number of benzene rings is 2. The zero-order valence-electron chi connectivity index (χ0n) is 15.9. The molecule has 3 rings (SSSR count). The van der Waals surface area contributed by atoms with Crippen molar-refractivity contribution in [2.75, 3.05) is 4.72 Å². The van der Waals surface area contributed by atoms with Crippen LogP contribution >= 0.6 is 11.6 Å². The lowest BCUT2D eigenvalue weighted by Gasteiger charge is -2.11. The number of rotatable bonds is 6. The van der Waals surface area contributed by atoms with Gasteiger partial charge in [-0.2, -0.15) is 26.7 Å². The molecule has 0 bridgehead atoms. The highest BCUT2D eigenvalue weighted by Crippen LogP contribution is 2.29. The number of anilines is 1. The van der Waals surface area contributed by atoms with Gasteiger partial charge in [-0.1, -0.05) is 23.7 Å². The SMILES string of the molecule is Cc1[nH]nc(S(=O)(=O)Nc2ccc(Cl)cc2)c1C(=O)NCc1cccc(C(F)(F)F)c1. The predicted octanol–water partition coefficient (Wildman–Crippen LogP) is 4.12. The summed E-state index contributed by atoms with van der Waals surface area (Å²) in [5, 5.41) is 8.46. The van der Waals surface area contributed by atoms with E-state index in [4.69, 9.17) is 11.6 Å². The quantitative estimate of drug-likeness (QED) is 0.502. The highest BCUT2D eigenvalue weighted by Gasteiger charge is 2.31. The Balaban J connectivity index is 1.80. The first-order chi connectivity index (χ1) is 14.5. The largest absolute Gasteiger partial charge is 0.416 e. The molecule has 0 aliphatic carbocycles. The minimum Gasteiger partial charge on any atom is -0.348 e. The molecule has 0 radical (unpaired) electrons. The third-order valence-electron chi connectivity index (χ3n) is 4.20. The Morgan fingerprint density at radius 1 is 1.16 bits per heavy atom. The number of alkyl halides is 3. The first-order valence-electron chi connectivity index (χ1n) is 8.75. The molecule has 2 aromatic carbocycles. The van der Waals surface area contributed by atoms with E-state index >= 15 is 0 Å². The summed E-state index contributed by atoms with van der Waals surface area (Å²) in [4.78, 5) is 12.6. The molecule has 7 nitrogen and oxygen atoms in total. The van der Waals surface area contributed by atoms with Gasteiger partial charge in [0.05, 0.1) is 5.56 Å². The summed E-state index contributed by atoms with van der Waals surface area (Å²) >= 11 is 5.78. The number of hydrogen-bond acceptors (Lipinski definition) is 4. The number of halogens is 4. The summed E-state index contributed by atoms with van der Waals surface area (Å²) in [6.45, 7) is 1.21. The summed E-state index contributed by atoms with van der Waals surface area (Å²) in [7, 11) is -4.24. The maximum atomic E-state index is 12.8. The first-order valence-corrected chi connectivity index (χ1v) is 10.6. The number of nitrogens with one attached hydrogen (secondary N) is 3. The van der Waals surface area contributed by atoms with E-state index in [0.717, 1.165) is 12.1 Å². The van der Waals surface area contributed by atoms with E-state index in [0.29, 0.717) is 5.02 Å². The average Bonchev–Trinajstić information content (AvgIpc) is 3.10. The Hall–Kier alpha value is -3.05. The van der Waals surface area contributed by atoms with Crippen LogP contribution in [-0.2, 0) is 22.7 Å². The van der Waals surface area contributed by atoms with Gasteiger partial charge in [-0.15, -0.1) is 0 Å². The van der Waals surface area contributed by atoms with Crippen LogP contribution in [0.2, 0.25) is 5.02 Å². The van der Waals surface area contributed by atoms with Crippen LogP contribution in [-0.4, -0.2) is 24.5 Å². The predicted molar refractivity (Wildman–Crippen MR) is 108 cm³/mol. The monoisotopic (exact) mass is 472 g/mol. The van der Waals surface area contributed by atoms with Gasteiger partial charge in [-0.3, -0.25) is 14.6 Å². The van der Waals surface area contributed by atoms with Gasteiger partial charge in [0.1, 0.15) is 5.56 Å². The Bertz CT molecular complexity index is 1210. The fourth-order valence-corrected chi connectivity index (χ4v) is 4.07. The number of hydrogen-bond donors (Lipinski definition) is 3. The third-order valence-corrected chi connectivity index (χ3v) is 5.76. The van der Waals surface area contributed by atoms with Gasteiger partial charge in [0, 0.05) is 22.9 Å². The van der Waals surface area contributed by atoms with Crippen molar-refractivity contribution >= 4 is 33.2 Å². The Morgan fingerprint density at radius 3 is 2.48 bits per heavy atom. The van der Waals surface area contributed by atoms with E-state index in [9.17, 15) is 26.4 Å². The number of aromatic nitrogens is 2. The molecule has 0 spiro atoms. The molecule has 1 amide bonds. The molecule has 1 aromatic heterocycles. The zero-order chi connectivity index (χ0) is 22.8. The second-order valence-corrected chi connectivity index (χ2v) is 8.56. The van der Waals surface area contributed by atoms with Gasteiger partial charge in [0.15, 0.2) is 0 Å². The van der Waals surface area contributed by atoms with Crippen LogP contribution in [0.3, 0.4) is 0 Å². The van der Waals surface area contributed by atoms with Gasteiger partial charge in [0.25, 0.3) is 15.9 Å². The summed E-state index contributed by atoms with van der Waals surface area (Å²) in [5.74, 6) is -0.805. The summed E-state index contributed by atoms with van der Waals surface area (Å²) in [6.07, 6.45) is -4.52. The van der Waals surface area contributed by atoms with Crippen molar-refractivity contribution in [1.29, 1.82) is 0 Å². The van der Waals surface area contributed by atoms with E-state index < -0.39 is 32.7 Å². The topological polar surface area (TPSA) is 104 Å². The molecule has 1 heterocycles. The van der Waals surface area contributed by atoms with E-state index in [2.05, 4.69) is 20.2 Å². The van der Waals surface area contributed by atoms with Crippen LogP contribution in [0.1, 0.15) is 27.2 Å². The molecule has 3 aromatic rings. The number of carbonyl (C=O) groups excluding carboxylic acids is 1. The maximum Gasteiger partial charge on any atom is 0.416 e. The van der Waals surface area contributed by atoms with Crippen molar-refractivity contribution in [2.24, 2.45) is 0 Å². The van der Waals surface area contributed by atoms with Crippen molar-refractivity contribution in [3.8, 4) is 0 Å². The number of aryl methyl sites for hydroxylation is 1. The lowest BCUT2D eigenvalue weighted by atomic mass is 10.1. The van der Waals surface area contributed by atoms with E-state index in [-0.39, 0.29) is 29.1 Å². The molecule has 0 aliphatic heterocycles. The van der Waals surface area contributed by atoms with Gasteiger partial charge in [0.2, 0.25) is 5.03 Å². The number of carbonyl (C=O) groups is 1. The molecular formula is C19H16ClF3N4O3S. The van der Waals surface area contributed by atoms with Crippen molar-refractivity contribution in [1.82, 2.24) is 15.5 Å². The van der Waals surface area contributed by atoms with E-state index in [1.807, 2.05) is 0 Å². The molecule has 0 saturated carbocycles. The van der Waals surface area contributed by atoms with Crippen LogP contribution in [0, 0.1) is 6.92 Å². The number of sulfonamides is 1. The average molecular weight is 473 g/mol. The molecule has 0 saturated heterocycles. The minimum absolute atomic E-state index is 0.179. The molecule has 0 aliphatic rings.